The van der Waals surface area contributed by atoms with Gasteiger partial charge in [-0.25, -0.2) is 4.98 Å². The van der Waals surface area contributed by atoms with Gasteiger partial charge in [0.05, 0.1) is 11.0 Å². The van der Waals surface area contributed by atoms with Gasteiger partial charge in [0, 0.05) is 13.1 Å². The van der Waals surface area contributed by atoms with E-state index in [0.29, 0.717) is 0 Å². The van der Waals surface area contributed by atoms with Crippen LogP contribution in [0.1, 0.15) is 31.5 Å². The highest BCUT2D eigenvalue weighted by atomic mass is 16.5. The molecule has 6 heteroatoms. The molecule has 0 N–H and O–H groups in total. The Labute approximate surface area is 141 Å². The van der Waals surface area contributed by atoms with Gasteiger partial charge in [-0.15, -0.1) is 0 Å². The molecule has 1 aliphatic heterocycles. The van der Waals surface area contributed by atoms with Crippen LogP contribution in [-0.4, -0.2) is 46.0 Å². The molecule has 2 aromatic rings. The standard InChI is InChI=1S/C18H23N3O3/c1-14-19-15-8-4-5-9-16(15)21(14)12-18(23)24-13-17(22)20-10-6-2-3-7-11-20/h4-5,8-9H,2-3,6-7,10-13H2,1H3. The summed E-state index contributed by atoms with van der Waals surface area (Å²) in [6.45, 7) is 3.28. The first-order chi connectivity index (χ1) is 11.6. The van der Waals surface area contributed by atoms with Gasteiger partial charge in [-0.1, -0.05) is 25.0 Å². The van der Waals surface area contributed by atoms with Crippen molar-refractivity contribution in [2.24, 2.45) is 0 Å². The van der Waals surface area contributed by atoms with E-state index in [1.165, 1.54) is 0 Å². The fourth-order valence-corrected chi connectivity index (χ4v) is 3.12. The summed E-state index contributed by atoms with van der Waals surface area (Å²) in [5.41, 5.74) is 1.74. The molecule has 2 heterocycles. The number of hydrogen-bond acceptors (Lipinski definition) is 4. The summed E-state index contributed by atoms with van der Waals surface area (Å²) < 4.78 is 7.01. The van der Waals surface area contributed by atoms with Crippen molar-refractivity contribution in [1.29, 1.82) is 0 Å². The third-order valence-corrected chi connectivity index (χ3v) is 4.45. The van der Waals surface area contributed by atoms with E-state index < -0.39 is 5.97 Å². The Morgan fingerprint density at radius 3 is 2.58 bits per heavy atom. The molecule has 3 rings (SSSR count). The fourth-order valence-electron chi connectivity index (χ4n) is 3.12. The normalized spacial score (nSPS) is 15.3. The summed E-state index contributed by atoms with van der Waals surface area (Å²) in [7, 11) is 0. The zero-order chi connectivity index (χ0) is 16.9. The number of para-hydroxylation sites is 2. The van der Waals surface area contributed by atoms with Crippen LogP contribution in [0, 0.1) is 6.92 Å². The summed E-state index contributed by atoms with van der Waals surface area (Å²) in [5, 5.41) is 0. The summed E-state index contributed by atoms with van der Waals surface area (Å²) in [6, 6.07) is 7.66. The topological polar surface area (TPSA) is 64.4 Å². The Hall–Kier alpha value is -2.37. The lowest BCUT2D eigenvalue weighted by atomic mass is 10.2. The van der Waals surface area contributed by atoms with Crippen LogP contribution in [0.5, 0.6) is 0 Å². The van der Waals surface area contributed by atoms with Crippen LogP contribution in [0.4, 0.5) is 0 Å². The molecule has 1 fully saturated rings. The summed E-state index contributed by atoms with van der Waals surface area (Å²) in [4.78, 5) is 30.5. The van der Waals surface area contributed by atoms with Gasteiger partial charge in [-0.05, 0) is 31.9 Å². The van der Waals surface area contributed by atoms with Crippen molar-refractivity contribution in [3.63, 3.8) is 0 Å². The Morgan fingerprint density at radius 2 is 1.83 bits per heavy atom. The molecule has 6 nitrogen and oxygen atoms in total. The van der Waals surface area contributed by atoms with E-state index >= 15 is 0 Å². The van der Waals surface area contributed by atoms with Gasteiger partial charge in [0.1, 0.15) is 12.4 Å². The average Bonchev–Trinajstić information content (AvgIpc) is 2.78. The van der Waals surface area contributed by atoms with Crippen molar-refractivity contribution in [3.05, 3.63) is 30.1 Å². The number of carbonyl (C=O) groups is 2. The number of rotatable bonds is 4. The molecule has 1 aromatic carbocycles. The van der Waals surface area contributed by atoms with E-state index in [4.69, 9.17) is 4.74 Å². The number of imidazole rings is 1. The Balaban J connectivity index is 1.57. The van der Waals surface area contributed by atoms with E-state index in [1.807, 2.05) is 35.8 Å². The van der Waals surface area contributed by atoms with Crippen LogP contribution in [0.25, 0.3) is 11.0 Å². The van der Waals surface area contributed by atoms with Gasteiger partial charge in [0.2, 0.25) is 0 Å². The quantitative estimate of drug-likeness (QED) is 0.807. The molecule has 1 saturated heterocycles. The molecule has 128 valence electrons. The van der Waals surface area contributed by atoms with E-state index in [-0.39, 0.29) is 19.1 Å². The molecule has 0 bridgehead atoms. The van der Waals surface area contributed by atoms with E-state index in [9.17, 15) is 9.59 Å². The highest BCUT2D eigenvalue weighted by Crippen LogP contribution is 2.15. The van der Waals surface area contributed by atoms with Crippen LogP contribution < -0.4 is 0 Å². The second-order valence-electron chi connectivity index (χ2n) is 6.19. The average molecular weight is 329 g/mol. The molecule has 0 radical (unpaired) electrons. The number of ether oxygens (including phenoxy) is 1. The first-order valence-electron chi connectivity index (χ1n) is 8.50. The number of hydrogen-bond donors (Lipinski definition) is 0. The molecule has 0 saturated carbocycles. The number of likely N-dealkylation sites (tertiary alicyclic amines) is 1. The predicted octanol–water partition coefficient (Wildman–Crippen LogP) is 2.29. The van der Waals surface area contributed by atoms with Crippen molar-refractivity contribution in [1.82, 2.24) is 14.5 Å². The first kappa shape index (κ1) is 16.5. The number of esters is 1. The SMILES string of the molecule is Cc1nc2ccccc2n1CC(=O)OCC(=O)N1CCCCCC1. The number of amides is 1. The number of carbonyl (C=O) groups excluding carboxylic acids is 2. The maximum atomic E-state index is 12.2. The second-order valence-corrected chi connectivity index (χ2v) is 6.19. The number of benzene rings is 1. The molecule has 0 aliphatic carbocycles. The zero-order valence-electron chi connectivity index (χ0n) is 14.0. The lowest BCUT2D eigenvalue weighted by molar-refractivity contribution is -0.152. The van der Waals surface area contributed by atoms with Crippen LogP contribution in [0.15, 0.2) is 24.3 Å². The highest BCUT2D eigenvalue weighted by Gasteiger charge is 2.18. The Morgan fingerprint density at radius 1 is 1.12 bits per heavy atom. The molecule has 1 amide bonds. The Kier molecular flexibility index (Phi) is 5.13. The minimum Gasteiger partial charge on any atom is -0.454 e. The maximum absolute atomic E-state index is 12.2. The largest absolute Gasteiger partial charge is 0.454 e. The van der Waals surface area contributed by atoms with Gasteiger partial charge >= 0.3 is 5.97 Å². The van der Waals surface area contributed by atoms with Crippen molar-refractivity contribution < 1.29 is 14.3 Å². The minimum atomic E-state index is -0.413. The smallest absolute Gasteiger partial charge is 0.326 e. The molecular formula is C18H23N3O3. The van der Waals surface area contributed by atoms with E-state index in [1.54, 1.807) is 4.90 Å². The predicted molar refractivity (Wildman–Crippen MR) is 90.5 cm³/mol. The summed E-state index contributed by atoms with van der Waals surface area (Å²) >= 11 is 0. The van der Waals surface area contributed by atoms with Crippen LogP contribution in [-0.2, 0) is 20.9 Å². The van der Waals surface area contributed by atoms with Gasteiger partial charge in [-0.2, -0.15) is 0 Å². The number of fused-ring (bicyclic) bond motifs is 1. The Bertz CT molecular complexity index is 730. The summed E-state index contributed by atoms with van der Waals surface area (Å²) in [5.74, 6) is 0.244. The van der Waals surface area contributed by atoms with E-state index in [0.717, 1.165) is 55.6 Å². The van der Waals surface area contributed by atoms with Gasteiger partial charge < -0.3 is 14.2 Å². The molecule has 1 aliphatic rings. The molecule has 24 heavy (non-hydrogen) atoms. The maximum Gasteiger partial charge on any atom is 0.326 e. The number of aryl methyl sites for hydroxylation is 1. The van der Waals surface area contributed by atoms with Crippen molar-refractivity contribution in [3.8, 4) is 0 Å². The second kappa shape index (κ2) is 7.47. The summed E-state index contributed by atoms with van der Waals surface area (Å²) in [6.07, 6.45) is 4.38. The van der Waals surface area contributed by atoms with Crippen molar-refractivity contribution >= 4 is 22.9 Å². The molecule has 0 unspecified atom stereocenters. The first-order valence-corrected chi connectivity index (χ1v) is 8.50. The molecular weight excluding hydrogens is 306 g/mol. The van der Waals surface area contributed by atoms with Gasteiger partial charge in [-0.3, -0.25) is 9.59 Å². The number of nitrogens with zero attached hydrogens (tertiary/aromatic N) is 3. The highest BCUT2D eigenvalue weighted by molar-refractivity contribution is 5.82. The monoisotopic (exact) mass is 329 g/mol. The van der Waals surface area contributed by atoms with Crippen molar-refractivity contribution in [2.45, 2.75) is 39.2 Å². The molecule has 0 atom stereocenters. The number of aromatic nitrogens is 2. The lowest BCUT2D eigenvalue weighted by Crippen LogP contribution is -2.35. The van der Waals surface area contributed by atoms with Gasteiger partial charge in [0.15, 0.2) is 6.61 Å². The molecule has 1 aromatic heterocycles. The third kappa shape index (κ3) is 3.75. The van der Waals surface area contributed by atoms with Crippen molar-refractivity contribution in [2.75, 3.05) is 19.7 Å². The fraction of sp³-hybridized carbons (Fsp3) is 0.500. The molecule has 0 spiro atoms. The minimum absolute atomic E-state index is 0.0691. The van der Waals surface area contributed by atoms with Crippen LogP contribution in [0.3, 0.4) is 0 Å². The van der Waals surface area contributed by atoms with Crippen LogP contribution >= 0.6 is 0 Å². The third-order valence-electron chi connectivity index (χ3n) is 4.45. The van der Waals surface area contributed by atoms with Crippen LogP contribution in [0.2, 0.25) is 0 Å². The zero-order valence-corrected chi connectivity index (χ0v) is 14.0. The van der Waals surface area contributed by atoms with Gasteiger partial charge in [0.25, 0.3) is 5.91 Å². The lowest BCUT2D eigenvalue weighted by Gasteiger charge is -2.20. The van der Waals surface area contributed by atoms with E-state index in [2.05, 4.69) is 4.98 Å².